The van der Waals surface area contributed by atoms with Crippen molar-refractivity contribution in [2.75, 3.05) is 43.4 Å². The number of ether oxygens (including phenoxy) is 2. The number of rotatable bonds is 10. The average Bonchev–Trinajstić information content (AvgIpc) is 3.32. The maximum atomic E-state index is 15.0. The van der Waals surface area contributed by atoms with Gasteiger partial charge in [-0.1, -0.05) is 55.2 Å². The van der Waals surface area contributed by atoms with Crippen molar-refractivity contribution in [3.8, 4) is 11.6 Å². The Morgan fingerprint density at radius 1 is 1.06 bits per heavy atom. The van der Waals surface area contributed by atoms with Crippen molar-refractivity contribution in [2.45, 2.75) is 26.4 Å². The van der Waals surface area contributed by atoms with Crippen molar-refractivity contribution in [1.82, 2.24) is 14.5 Å². The minimum Gasteiger partial charge on any atom is -0.497 e. The molecule has 0 radical (unpaired) electrons. The number of amides is 1. The number of aromatic nitrogens is 3. The summed E-state index contributed by atoms with van der Waals surface area (Å²) in [4.78, 5) is 39.2. The van der Waals surface area contributed by atoms with E-state index in [-0.39, 0.29) is 45.4 Å². The van der Waals surface area contributed by atoms with Gasteiger partial charge in [0.15, 0.2) is 0 Å². The van der Waals surface area contributed by atoms with E-state index in [2.05, 4.69) is 15.3 Å². The van der Waals surface area contributed by atoms with E-state index in [0.717, 1.165) is 5.56 Å². The smallest absolute Gasteiger partial charge is 0.277 e. The highest BCUT2D eigenvalue weighted by atomic mass is 35.5. The Kier molecular flexibility index (Phi) is 10.1. The van der Waals surface area contributed by atoms with E-state index in [1.165, 1.54) is 41.0 Å². The van der Waals surface area contributed by atoms with Crippen LogP contribution in [0.4, 0.5) is 21.7 Å². The molecule has 1 amide bonds. The van der Waals surface area contributed by atoms with E-state index in [1.807, 2.05) is 26.0 Å². The van der Waals surface area contributed by atoms with E-state index in [1.54, 1.807) is 50.5 Å². The molecule has 1 unspecified atom stereocenters. The summed E-state index contributed by atoms with van der Waals surface area (Å²) in [5.41, 5.74) is 1.71. The number of benzene rings is 2. The zero-order valence-corrected chi connectivity index (χ0v) is 28.7. The number of anilines is 3. The summed E-state index contributed by atoms with van der Waals surface area (Å²) >= 11 is 12.5. The lowest BCUT2D eigenvalue weighted by Crippen LogP contribution is -2.31. The number of carbonyl (C=O) groups is 1. The van der Waals surface area contributed by atoms with Crippen LogP contribution in [0.5, 0.6) is 11.6 Å². The lowest BCUT2D eigenvalue weighted by molar-refractivity contribution is -0.112. The molecule has 1 aliphatic heterocycles. The molecule has 0 saturated carbocycles. The third-order valence-corrected chi connectivity index (χ3v) is 8.36. The van der Waals surface area contributed by atoms with Crippen LogP contribution in [-0.4, -0.2) is 54.5 Å². The number of methoxy groups -OCH3 is 2. The van der Waals surface area contributed by atoms with Crippen molar-refractivity contribution < 1.29 is 18.7 Å². The zero-order chi connectivity index (χ0) is 34.9. The molecule has 250 valence electrons. The number of hydrogen-bond acceptors (Lipinski definition) is 9. The molecule has 11 nitrogen and oxygen atoms in total. The van der Waals surface area contributed by atoms with Gasteiger partial charge in [-0.3, -0.25) is 19.9 Å². The van der Waals surface area contributed by atoms with Crippen LogP contribution in [0.25, 0.3) is 0 Å². The van der Waals surface area contributed by atoms with Gasteiger partial charge in [-0.2, -0.15) is 4.98 Å². The van der Waals surface area contributed by atoms with Crippen molar-refractivity contribution in [3.05, 3.63) is 110 Å². The maximum absolute atomic E-state index is 15.0. The van der Waals surface area contributed by atoms with E-state index in [9.17, 15) is 9.59 Å². The fourth-order valence-electron chi connectivity index (χ4n) is 5.41. The van der Waals surface area contributed by atoms with Crippen LogP contribution in [-0.2, 0) is 11.3 Å². The Morgan fingerprint density at radius 2 is 1.77 bits per heavy atom. The van der Waals surface area contributed by atoms with Crippen LogP contribution in [0, 0.1) is 17.1 Å². The number of hydrogen-bond donors (Lipinski definition) is 2. The van der Waals surface area contributed by atoms with Crippen molar-refractivity contribution in [1.29, 1.82) is 5.41 Å². The predicted molar refractivity (Wildman–Crippen MR) is 186 cm³/mol. The number of halogens is 3. The van der Waals surface area contributed by atoms with E-state index >= 15 is 4.39 Å². The van der Waals surface area contributed by atoms with Crippen LogP contribution < -0.4 is 30.1 Å². The monoisotopic (exact) mass is 693 g/mol. The summed E-state index contributed by atoms with van der Waals surface area (Å²) in [6.45, 7) is 3.92. The number of allylic oxidation sites excluding steroid dienone is 1. The van der Waals surface area contributed by atoms with Crippen molar-refractivity contribution in [3.63, 3.8) is 0 Å². The number of nitrogens with one attached hydrogen (secondary N) is 2. The number of carbonyl (C=O) groups excluding carboxylic acids is 1. The quantitative estimate of drug-likeness (QED) is 0.197. The summed E-state index contributed by atoms with van der Waals surface area (Å²) in [6.07, 6.45) is 3.05. The summed E-state index contributed by atoms with van der Waals surface area (Å²) in [5.74, 6) is -0.339. The molecule has 2 aromatic heterocycles. The lowest BCUT2D eigenvalue weighted by Gasteiger charge is -2.28. The molecular weight excluding hydrogens is 660 g/mol. The molecule has 5 rings (SSSR count). The molecule has 0 spiro atoms. The average molecular weight is 695 g/mol. The second kappa shape index (κ2) is 14.0. The summed E-state index contributed by atoms with van der Waals surface area (Å²) in [6, 6.07) is 11.7. The molecule has 14 heteroatoms. The third-order valence-electron chi connectivity index (χ3n) is 7.78. The molecule has 2 N–H and O–H groups in total. The van der Waals surface area contributed by atoms with E-state index in [0.29, 0.717) is 28.6 Å². The Labute approximate surface area is 287 Å². The van der Waals surface area contributed by atoms with Gasteiger partial charge in [0.25, 0.3) is 11.5 Å². The Bertz CT molecular complexity index is 1980. The standard InChI is InChI=1S/C34H34Cl2FN7O4/c1-18(2)29(40-26-15-39-34(42(3)4)41-31(26)48-6)27-28(38)33(46)44(30(27)20-9-12-23(35)25(37)13-20)21-14-24(36)32(45)43(17-21)16-19-7-10-22(47-5)11-8-19/h7-15,17-18,30,38,40H,16H2,1-6H3/b29-27+,38-28?. The highest BCUT2D eigenvalue weighted by Gasteiger charge is 2.45. The molecule has 4 aromatic rings. The molecular formula is C34H34Cl2FN7O4. The largest absolute Gasteiger partial charge is 0.497 e. The minimum atomic E-state index is -1.02. The van der Waals surface area contributed by atoms with Gasteiger partial charge >= 0.3 is 0 Å². The van der Waals surface area contributed by atoms with Gasteiger partial charge in [0, 0.05) is 31.6 Å². The zero-order valence-electron chi connectivity index (χ0n) is 27.1. The van der Waals surface area contributed by atoms with Crippen LogP contribution in [0.2, 0.25) is 10.0 Å². The SMILES string of the molecule is COc1ccc(Cn2cc(N3C(=O)C(=N)/C(=C(\Nc4cnc(N(C)C)nc4OC)C(C)C)C3c3ccc(Cl)c(F)c3)cc(Cl)c2=O)cc1. The van der Waals surface area contributed by atoms with Gasteiger partial charge in [-0.25, -0.2) is 9.37 Å². The molecule has 1 atom stereocenters. The summed E-state index contributed by atoms with van der Waals surface area (Å²) in [5, 5.41) is 12.2. The maximum Gasteiger partial charge on any atom is 0.277 e. The highest BCUT2D eigenvalue weighted by Crippen LogP contribution is 2.43. The number of nitrogens with zero attached hydrogens (tertiary/aromatic N) is 5. The highest BCUT2D eigenvalue weighted by molar-refractivity contribution is 6.52. The van der Waals surface area contributed by atoms with Gasteiger partial charge in [-0.05, 0) is 47.4 Å². The first-order valence-corrected chi connectivity index (χ1v) is 15.6. The Morgan fingerprint density at radius 3 is 2.38 bits per heavy atom. The van der Waals surface area contributed by atoms with E-state index < -0.39 is 23.3 Å². The fourth-order valence-corrected chi connectivity index (χ4v) is 5.75. The van der Waals surface area contributed by atoms with Crippen LogP contribution >= 0.6 is 23.2 Å². The van der Waals surface area contributed by atoms with Gasteiger partial charge in [-0.15, -0.1) is 0 Å². The predicted octanol–water partition coefficient (Wildman–Crippen LogP) is 6.35. The molecule has 0 aliphatic carbocycles. The number of pyridine rings is 1. The van der Waals surface area contributed by atoms with E-state index in [4.69, 9.17) is 38.1 Å². The Hall–Kier alpha value is -4.94. The Balaban J connectivity index is 1.70. The first-order chi connectivity index (χ1) is 22.8. The topological polar surface area (TPSA) is 126 Å². The second-order valence-electron chi connectivity index (χ2n) is 11.5. The lowest BCUT2D eigenvalue weighted by atomic mass is 9.92. The third kappa shape index (κ3) is 6.71. The van der Waals surface area contributed by atoms with Gasteiger partial charge in [0.05, 0.1) is 43.7 Å². The molecule has 48 heavy (non-hydrogen) atoms. The van der Waals surface area contributed by atoms with Crippen LogP contribution in [0.3, 0.4) is 0 Å². The summed E-state index contributed by atoms with van der Waals surface area (Å²) in [7, 11) is 6.63. The van der Waals surface area contributed by atoms with Crippen LogP contribution in [0.15, 0.2) is 77.0 Å². The second-order valence-corrected chi connectivity index (χ2v) is 12.4. The molecule has 0 bridgehead atoms. The van der Waals surface area contributed by atoms with Gasteiger partial charge < -0.3 is 24.3 Å². The normalized spacial score (nSPS) is 15.6. The van der Waals surface area contributed by atoms with Crippen molar-refractivity contribution >= 4 is 52.1 Å². The summed E-state index contributed by atoms with van der Waals surface area (Å²) < 4.78 is 27.2. The first-order valence-electron chi connectivity index (χ1n) is 14.8. The molecule has 1 saturated heterocycles. The van der Waals surface area contributed by atoms with Gasteiger partial charge in [0.2, 0.25) is 11.8 Å². The molecule has 3 heterocycles. The minimum absolute atomic E-state index is 0.101. The first kappa shape index (κ1) is 34.4. The molecule has 2 aromatic carbocycles. The van der Waals surface area contributed by atoms with Crippen molar-refractivity contribution in [2.24, 2.45) is 5.92 Å². The fraction of sp³-hybridized carbons (Fsp3) is 0.265. The van der Waals surface area contributed by atoms with Gasteiger partial charge in [0.1, 0.15) is 28.0 Å². The molecule has 1 aliphatic rings. The molecule has 1 fully saturated rings. The van der Waals surface area contributed by atoms with Crippen LogP contribution in [0.1, 0.15) is 31.0 Å².